The van der Waals surface area contributed by atoms with Gasteiger partial charge >= 0.3 is 15.6 Å². The Kier molecular flexibility index (Phi) is 3.72. The van der Waals surface area contributed by atoms with Gasteiger partial charge in [-0.25, -0.2) is 0 Å². The Bertz CT molecular complexity index is 1150. The monoisotopic (exact) mass is 390 g/mol. The lowest BCUT2D eigenvalue weighted by atomic mass is 9.99. The Balaban J connectivity index is 2.31. The molecule has 3 aromatic rings. The van der Waals surface area contributed by atoms with Gasteiger partial charge in [-0.2, -0.15) is 21.6 Å². The largest absolute Gasteiger partial charge is 0.534 e. The van der Waals surface area contributed by atoms with Crippen molar-refractivity contribution in [2.75, 3.05) is 0 Å². The van der Waals surface area contributed by atoms with Crippen LogP contribution in [0.4, 0.5) is 13.2 Å². The van der Waals surface area contributed by atoms with Crippen molar-refractivity contribution < 1.29 is 46.2 Å². The number of phenols is 4. The second-order valence-electron chi connectivity index (χ2n) is 5.25. The van der Waals surface area contributed by atoms with Gasteiger partial charge in [0.2, 0.25) is 11.5 Å². The molecule has 7 nitrogen and oxygen atoms in total. The summed E-state index contributed by atoms with van der Waals surface area (Å²) in [5.74, 6) is -4.35. The van der Waals surface area contributed by atoms with Crippen molar-refractivity contribution in [2.24, 2.45) is 0 Å². The molecule has 0 spiro atoms. The molecule has 0 amide bonds. The van der Waals surface area contributed by atoms with Crippen LogP contribution in [-0.4, -0.2) is 34.4 Å². The zero-order valence-electron chi connectivity index (χ0n) is 12.4. The van der Waals surface area contributed by atoms with E-state index in [1.54, 1.807) is 0 Å². The van der Waals surface area contributed by atoms with Crippen molar-refractivity contribution in [3.63, 3.8) is 0 Å². The minimum Gasteiger partial charge on any atom is -0.504 e. The molecule has 0 unspecified atom stereocenters. The van der Waals surface area contributed by atoms with Gasteiger partial charge in [-0.1, -0.05) is 12.1 Å². The molecule has 0 radical (unpaired) electrons. The molecule has 0 heterocycles. The number of rotatable bonds is 2. The second-order valence-corrected chi connectivity index (χ2v) is 6.79. The van der Waals surface area contributed by atoms with E-state index in [2.05, 4.69) is 4.18 Å². The number of aromatic hydroxyl groups is 4. The van der Waals surface area contributed by atoms with Crippen molar-refractivity contribution in [3.05, 3.63) is 30.3 Å². The lowest BCUT2D eigenvalue weighted by Crippen LogP contribution is -2.28. The fraction of sp³-hybridized carbons (Fsp3) is 0.0667. The highest BCUT2D eigenvalue weighted by Crippen LogP contribution is 2.50. The molecule has 3 aromatic carbocycles. The van der Waals surface area contributed by atoms with Crippen LogP contribution in [0.5, 0.6) is 28.7 Å². The van der Waals surface area contributed by atoms with Crippen LogP contribution in [0.15, 0.2) is 30.3 Å². The van der Waals surface area contributed by atoms with E-state index >= 15 is 0 Å². The van der Waals surface area contributed by atoms with Gasteiger partial charge in [0.25, 0.3) is 0 Å². The van der Waals surface area contributed by atoms with Crippen molar-refractivity contribution in [1.82, 2.24) is 0 Å². The van der Waals surface area contributed by atoms with E-state index in [4.69, 9.17) is 0 Å². The Morgan fingerprint density at radius 3 is 2.00 bits per heavy atom. The third-order valence-corrected chi connectivity index (χ3v) is 4.63. The van der Waals surface area contributed by atoms with Crippen LogP contribution in [0.3, 0.4) is 0 Å². The number of phenolic OH excluding ortho intramolecular Hbond substituents is 4. The molecule has 0 aliphatic rings. The summed E-state index contributed by atoms with van der Waals surface area (Å²) in [6.07, 6.45) is 0. The zero-order valence-corrected chi connectivity index (χ0v) is 13.3. The Hall–Kier alpha value is -3.08. The highest BCUT2D eigenvalue weighted by molar-refractivity contribution is 7.88. The van der Waals surface area contributed by atoms with E-state index in [0.717, 1.165) is 12.1 Å². The van der Waals surface area contributed by atoms with Gasteiger partial charge in [0.1, 0.15) is 5.75 Å². The van der Waals surface area contributed by atoms with Crippen LogP contribution in [0.25, 0.3) is 21.5 Å². The molecule has 4 N–H and O–H groups in total. The molecule has 11 heteroatoms. The molecule has 0 atom stereocenters. The van der Waals surface area contributed by atoms with Gasteiger partial charge in [-0.3, -0.25) is 0 Å². The lowest BCUT2D eigenvalue weighted by Gasteiger charge is -2.13. The smallest absolute Gasteiger partial charge is 0.504 e. The summed E-state index contributed by atoms with van der Waals surface area (Å²) < 4.78 is 63.7. The SMILES string of the molecule is O=S(=O)(Oc1ccc2ccc3c(O)c(O)c(O)c(O)c3c2c1)C(F)(F)F. The molecule has 0 saturated heterocycles. The number of benzene rings is 3. The summed E-state index contributed by atoms with van der Waals surface area (Å²) >= 11 is 0. The lowest BCUT2D eigenvalue weighted by molar-refractivity contribution is -0.0500. The van der Waals surface area contributed by atoms with Crippen LogP contribution >= 0.6 is 0 Å². The minimum absolute atomic E-state index is 0.0273. The predicted molar refractivity (Wildman–Crippen MR) is 83.7 cm³/mol. The van der Waals surface area contributed by atoms with Crippen LogP contribution in [0.1, 0.15) is 0 Å². The summed E-state index contributed by atoms with van der Waals surface area (Å²) in [4.78, 5) is 0. The van der Waals surface area contributed by atoms with E-state index in [1.807, 2.05) is 0 Å². The van der Waals surface area contributed by atoms with E-state index in [-0.39, 0.29) is 16.2 Å². The molecule has 0 aliphatic heterocycles. The highest BCUT2D eigenvalue weighted by Gasteiger charge is 2.48. The van der Waals surface area contributed by atoms with Gasteiger partial charge in [0, 0.05) is 10.8 Å². The maximum atomic E-state index is 12.5. The predicted octanol–water partition coefficient (Wildman–Crippen LogP) is 3.04. The number of alkyl halides is 3. The molecule has 138 valence electrons. The summed E-state index contributed by atoms with van der Waals surface area (Å²) in [5.41, 5.74) is -5.63. The average Bonchev–Trinajstić information content (AvgIpc) is 2.55. The number of hydrogen-bond acceptors (Lipinski definition) is 7. The van der Waals surface area contributed by atoms with Gasteiger partial charge in [0.15, 0.2) is 11.5 Å². The van der Waals surface area contributed by atoms with Gasteiger partial charge in [-0.05, 0) is 29.0 Å². The van der Waals surface area contributed by atoms with Crippen molar-refractivity contribution in [1.29, 1.82) is 0 Å². The molecular weight excluding hydrogens is 381 g/mol. The first-order valence-electron chi connectivity index (χ1n) is 6.77. The summed E-state index contributed by atoms with van der Waals surface area (Å²) in [5, 5.41) is 39.1. The number of halogens is 3. The number of hydrogen-bond donors (Lipinski definition) is 4. The molecule has 0 bridgehead atoms. The molecule has 26 heavy (non-hydrogen) atoms. The summed E-state index contributed by atoms with van der Waals surface area (Å²) in [7, 11) is -5.91. The van der Waals surface area contributed by atoms with Crippen LogP contribution in [0.2, 0.25) is 0 Å². The van der Waals surface area contributed by atoms with Crippen molar-refractivity contribution in [3.8, 4) is 28.7 Å². The first kappa shape index (κ1) is 17.7. The normalized spacial score (nSPS) is 12.6. The molecule has 3 rings (SSSR count). The molecule has 0 aromatic heterocycles. The van der Waals surface area contributed by atoms with E-state index in [0.29, 0.717) is 5.39 Å². The second kappa shape index (κ2) is 5.46. The number of fused-ring (bicyclic) bond motifs is 3. The first-order chi connectivity index (χ1) is 11.9. The maximum absolute atomic E-state index is 12.5. The Labute approximate surface area is 143 Å². The Morgan fingerprint density at radius 2 is 1.38 bits per heavy atom. The fourth-order valence-corrected chi connectivity index (χ4v) is 2.90. The van der Waals surface area contributed by atoms with Gasteiger partial charge in [-0.15, -0.1) is 0 Å². The first-order valence-corrected chi connectivity index (χ1v) is 8.18. The molecule has 0 saturated carbocycles. The molecule has 0 fully saturated rings. The van der Waals surface area contributed by atoms with Gasteiger partial charge in [0.05, 0.1) is 0 Å². The topological polar surface area (TPSA) is 124 Å². The van der Waals surface area contributed by atoms with Crippen molar-refractivity contribution in [2.45, 2.75) is 5.51 Å². The quantitative estimate of drug-likeness (QED) is 0.174. The summed E-state index contributed by atoms with van der Waals surface area (Å²) in [6.45, 7) is 0. The third kappa shape index (κ3) is 2.56. The summed E-state index contributed by atoms with van der Waals surface area (Å²) in [6, 6.07) is 5.76. The molecule has 0 aliphatic carbocycles. The maximum Gasteiger partial charge on any atom is 0.534 e. The van der Waals surface area contributed by atoms with Crippen LogP contribution < -0.4 is 4.18 Å². The Morgan fingerprint density at radius 1 is 0.808 bits per heavy atom. The van der Waals surface area contributed by atoms with Crippen LogP contribution in [0, 0.1) is 0 Å². The van der Waals surface area contributed by atoms with E-state index in [1.165, 1.54) is 18.2 Å². The molecular formula is C15H9F3O7S. The minimum atomic E-state index is -5.91. The standard InChI is InChI=1S/C15H9F3O7S/c16-15(17,18)26(23,24)25-7-3-1-6-2-4-8-10(9(6)5-7)12(20)14(22)13(21)11(8)19/h1-5,19-22H. The third-order valence-electron chi connectivity index (χ3n) is 3.65. The van der Waals surface area contributed by atoms with E-state index < -0.39 is 44.4 Å². The van der Waals surface area contributed by atoms with Gasteiger partial charge < -0.3 is 24.6 Å². The van der Waals surface area contributed by atoms with Crippen LogP contribution in [-0.2, 0) is 10.1 Å². The average molecular weight is 390 g/mol. The zero-order chi connectivity index (χ0) is 19.4. The van der Waals surface area contributed by atoms with Crippen molar-refractivity contribution >= 4 is 31.7 Å². The fourth-order valence-electron chi connectivity index (χ4n) is 2.45. The van der Waals surface area contributed by atoms with E-state index in [9.17, 15) is 42.0 Å². The highest BCUT2D eigenvalue weighted by atomic mass is 32.2.